The van der Waals surface area contributed by atoms with Crippen LogP contribution in [0.4, 0.5) is 0 Å². The number of benzene rings is 1. The maximum Gasteiger partial charge on any atom is 0.224 e. The number of carbonyl (C=O) groups is 1. The van der Waals surface area contributed by atoms with Crippen molar-refractivity contribution in [3.8, 4) is 0 Å². The highest BCUT2D eigenvalue weighted by Gasteiger charge is 2.06. The van der Waals surface area contributed by atoms with Crippen LogP contribution in [0.15, 0.2) is 59.8 Å². The molecule has 0 atom stereocenters. The van der Waals surface area contributed by atoms with Crippen LogP contribution in [0.3, 0.4) is 0 Å². The fourth-order valence-corrected chi connectivity index (χ4v) is 1.90. The molecule has 0 unspecified atom stereocenters. The number of carbonyl (C=O) groups excluding carboxylic acids is 1. The van der Waals surface area contributed by atoms with Gasteiger partial charge in [-0.1, -0.05) is 18.2 Å². The largest absolute Gasteiger partial charge is 0.281 e. The zero-order valence-corrected chi connectivity index (χ0v) is 8.78. The topological polar surface area (TPSA) is 30.0 Å². The fraction of sp³-hybridized carbons (Fsp3) is 0. The molecule has 0 bridgehead atoms. The van der Waals surface area contributed by atoms with Crippen molar-refractivity contribution in [1.29, 1.82) is 0 Å². The summed E-state index contributed by atoms with van der Waals surface area (Å²) in [6, 6.07) is 13.1. The highest BCUT2D eigenvalue weighted by Crippen LogP contribution is 2.21. The standard InChI is InChI=1S/C12H9NOS/c14-12(10-6-8-13-9-7-10)15-11-4-2-1-3-5-11/h1-9H. The van der Waals surface area contributed by atoms with E-state index in [1.165, 1.54) is 11.8 Å². The second kappa shape index (κ2) is 4.75. The third-order valence-corrected chi connectivity index (χ3v) is 2.80. The Labute approximate surface area is 92.4 Å². The molecule has 2 aromatic rings. The van der Waals surface area contributed by atoms with E-state index in [1.54, 1.807) is 24.5 Å². The van der Waals surface area contributed by atoms with Crippen LogP contribution < -0.4 is 0 Å². The lowest BCUT2D eigenvalue weighted by Crippen LogP contribution is -1.92. The molecule has 15 heavy (non-hydrogen) atoms. The van der Waals surface area contributed by atoms with E-state index in [0.717, 1.165) is 4.90 Å². The quantitative estimate of drug-likeness (QED) is 0.721. The minimum Gasteiger partial charge on any atom is -0.281 e. The van der Waals surface area contributed by atoms with Crippen molar-refractivity contribution in [2.24, 2.45) is 0 Å². The van der Waals surface area contributed by atoms with Crippen LogP contribution in [0, 0.1) is 0 Å². The summed E-state index contributed by atoms with van der Waals surface area (Å²) in [5, 5.41) is 0.0450. The minimum atomic E-state index is 0.0450. The lowest BCUT2D eigenvalue weighted by atomic mass is 10.3. The molecular formula is C12H9NOS. The summed E-state index contributed by atoms with van der Waals surface area (Å²) in [6.45, 7) is 0. The van der Waals surface area contributed by atoms with Crippen LogP contribution in [0.25, 0.3) is 0 Å². The number of hydrogen-bond donors (Lipinski definition) is 0. The molecule has 0 saturated heterocycles. The molecule has 2 rings (SSSR count). The molecule has 1 aromatic heterocycles. The Morgan fingerprint density at radius 2 is 1.67 bits per heavy atom. The molecule has 1 heterocycles. The van der Waals surface area contributed by atoms with Crippen LogP contribution >= 0.6 is 11.8 Å². The minimum absolute atomic E-state index is 0.0450. The Morgan fingerprint density at radius 1 is 1.00 bits per heavy atom. The molecule has 74 valence electrons. The SMILES string of the molecule is O=C(Sc1ccccc1)c1ccncc1. The first kappa shape index (κ1) is 9.93. The van der Waals surface area contributed by atoms with Crippen molar-refractivity contribution >= 4 is 16.9 Å². The van der Waals surface area contributed by atoms with Crippen molar-refractivity contribution in [3.05, 3.63) is 60.4 Å². The second-order valence-electron chi connectivity index (χ2n) is 2.94. The highest BCUT2D eigenvalue weighted by molar-refractivity contribution is 8.14. The Bertz CT molecular complexity index is 442. The monoisotopic (exact) mass is 215 g/mol. The number of nitrogens with zero attached hydrogens (tertiary/aromatic N) is 1. The lowest BCUT2D eigenvalue weighted by molar-refractivity contribution is 0.108. The molecule has 0 fully saturated rings. The summed E-state index contributed by atoms with van der Waals surface area (Å²) in [7, 11) is 0. The Morgan fingerprint density at radius 3 is 2.33 bits per heavy atom. The average molecular weight is 215 g/mol. The van der Waals surface area contributed by atoms with Crippen LogP contribution in [-0.4, -0.2) is 10.1 Å². The first-order valence-corrected chi connectivity index (χ1v) is 5.35. The molecule has 0 aliphatic carbocycles. The Kier molecular flexibility index (Phi) is 3.15. The fourth-order valence-electron chi connectivity index (χ4n) is 1.14. The van der Waals surface area contributed by atoms with Gasteiger partial charge in [0.1, 0.15) is 0 Å². The second-order valence-corrected chi connectivity index (χ2v) is 3.98. The molecule has 0 N–H and O–H groups in total. The van der Waals surface area contributed by atoms with Crippen LogP contribution in [0.5, 0.6) is 0 Å². The van der Waals surface area contributed by atoms with E-state index in [-0.39, 0.29) is 5.12 Å². The van der Waals surface area contributed by atoms with Gasteiger partial charge in [0.05, 0.1) is 0 Å². The normalized spacial score (nSPS) is 9.87. The van der Waals surface area contributed by atoms with Crippen molar-refractivity contribution in [1.82, 2.24) is 4.98 Å². The Hall–Kier alpha value is -1.61. The van der Waals surface area contributed by atoms with Crippen molar-refractivity contribution < 1.29 is 4.79 Å². The maximum absolute atomic E-state index is 11.7. The van der Waals surface area contributed by atoms with E-state index in [1.807, 2.05) is 30.3 Å². The summed E-state index contributed by atoms with van der Waals surface area (Å²) >= 11 is 1.23. The van der Waals surface area contributed by atoms with Gasteiger partial charge in [-0.05, 0) is 36.0 Å². The van der Waals surface area contributed by atoms with Crippen LogP contribution in [0.2, 0.25) is 0 Å². The van der Waals surface area contributed by atoms with E-state index in [2.05, 4.69) is 4.98 Å². The third-order valence-electron chi connectivity index (χ3n) is 1.87. The zero-order valence-electron chi connectivity index (χ0n) is 7.96. The van der Waals surface area contributed by atoms with Gasteiger partial charge in [-0.3, -0.25) is 9.78 Å². The van der Waals surface area contributed by atoms with E-state index >= 15 is 0 Å². The zero-order chi connectivity index (χ0) is 10.5. The van der Waals surface area contributed by atoms with Crippen LogP contribution in [0.1, 0.15) is 10.4 Å². The average Bonchev–Trinajstić information content (AvgIpc) is 2.31. The van der Waals surface area contributed by atoms with Gasteiger partial charge in [0, 0.05) is 22.9 Å². The first-order valence-electron chi connectivity index (χ1n) is 4.53. The maximum atomic E-state index is 11.7. The lowest BCUT2D eigenvalue weighted by Gasteiger charge is -1.99. The number of rotatable bonds is 2. The molecule has 2 nitrogen and oxygen atoms in total. The summed E-state index contributed by atoms with van der Waals surface area (Å²) in [6.07, 6.45) is 3.25. The molecule has 0 aliphatic heterocycles. The number of pyridine rings is 1. The van der Waals surface area contributed by atoms with Gasteiger partial charge in [-0.15, -0.1) is 0 Å². The van der Waals surface area contributed by atoms with E-state index in [4.69, 9.17) is 0 Å². The predicted molar refractivity (Wildman–Crippen MR) is 60.9 cm³/mol. The number of aromatic nitrogens is 1. The summed E-state index contributed by atoms with van der Waals surface area (Å²) in [5.74, 6) is 0. The summed E-state index contributed by atoms with van der Waals surface area (Å²) < 4.78 is 0. The molecule has 0 radical (unpaired) electrons. The Balaban J connectivity index is 2.12. The van der Waals surface area contributed by atoms with Gasteiger partial charge in [0.15, 0.2) is 0 Å². The molecular weight excluding hydrogens is 206 g/mol. The van der Waals surface area contributed by atoms with Gasteiger partial charge >= 0.3 is 0 Å². The highest BCUT2D eigenvalue weighted by atomic mass is 32.2. The number of hydrogen-bond acceptors (Lipinski definition) is 3. The van der Waals surface area contributed by atoms with Crippen molar-refractivity contribution in [2.75, 3.05) is 0 Å². The first-order chi connectivity index (χ1) is 7.36. The summed E-state index contributed by atoms with van der Waals surface area (Å²) in [4.78, 5) is 16.6. The smallest absolute Gasteiger partial charge is 0.224 e. The van der Waals surface area contributed by atoms with Crippen LogP contribution in [-0.2, 0) is 0 Å². The molecule has 0 aliphatic rings. The van der Waals surface area contributed by atoms with Crippen molar-refractivity contribution in [2.45, 2.75) is 4.90 Å². The van der Waals surface area contributed by atoms with E-state index in [9.17, 15) is 4.79 Å². The van der Waals surface area contributed by atoms with Gasteiger partial charge in [0.25, 0.3) is 0 Å². The van der Waals surface area contributed by atoms with Gasteiger partial charge in [-0.25, -0.2) is 0 Å². The molecule has 0 spiro atoms. The molecule has 0 amide bonds. The predicted octanol–water partition coefficient (Wildman–Crippen LogP) is 3.01. The van der Waals surface area contributed by atoms with Gasteiger partial charge in [-0.2, -0.15) is 0 Å². The van der Waals surface area contributed by atoms with E-state index < -0.39 is 0 Å². The molecule has 1 aromatic carbocycles. The molecule has 3 heteroatoms. The third kappa shape index (κ3) is 2.67. The molecule has 0 saturated carbocycles. The van der Waals surface area contributed by atoms with Gasteiger partial charge < -0.3 is 0 Å². The number of thioether (sulfide) groups is 1. The van der Waals surface area contributed by atoms with E-state index in [0.29, 0.717) is 5.56 Å². The van der Waals surface area contributed by atoms with Crippen molar-refractivity contribution in [3.63, 3.8) is 0 Å². The summed E-state index contributed by atoms with van der Waals surface area (Å²) in [5.41, 5.74) is 0.679. The van der Waals surface area contributed by atoms with Gasteiger partial charge in [0.2, 0.25) is 5.12 Å².